The van der Waals surface area contributed by atoms with Crippen molar-refractivity contribution in [3.63, 3.8) is 0 Å². The summed E-state index contributed by atoms with van der Waals surface area (Å²) in [6.45, 7) is 0.876. The number of nitrogens with one attached hydrogen (secondary N) is 1. The molecule has 2 fully saturated rings. The average molecular weight is 298 g/mol. The highest BCUT2D eigenvalue weighted by atomic mass is 35.5. The Labute approximate surface area is 124 Å². The summed E-state index contributed by atoms with van der Waals surface area (Å²) >= 11 is 8.40. The molecule has 2 heterocycles. The third kappa shape index (κ3) is 3.36. The van der Waals surface area contributed by atoms with Gasteiger partial charge in [-0.15, -0.1) is 0 Å². The molecule has 0 aromatic carbocycles. The minimum Gasteiger partial charge on any atom is -0.355 e. The van der Waals surface area contributed by atoms with Gasteiger partial charge < -0.3 is 10.2 Å². The zero-order chi connectivity index (χ0) is 13.2. The van der Waals surface area contributed by atoms with Crippen LogP contribution in [0.5, 0.6) is 0 Å². The highest BCUT2D eigenvalue weighted by Crippen LogP contribution is 2.30. The zero-order valence-corrected chi connectivity index (χ0v) is 12.8. The first-order valence-corrected chi connectivity index (χ1v) is 8.45. The van der Waals surface area contributed by atoms with Crippen LogP contribution < -0.4 is 10.2 Å². The summed E-state index contributed by atoms with van der Waals surface area (Å²) in [6.07, 6.45) is 5.79. The lowest BCUT2D eigenvalue weighted by molar-refractivity contribution is 0.679. The van der Waals surface area contributed by atoms with Gasteiger partial charge in [-0.25, -0.2) is 4.98 Å². The van der Waals surface area contributed by atoms with Gasteiger partial charge >= 0.3 is 0 Å². The Morgan fingerprint density at radius 1 is 1.47 bits per heavy atom. The molecule has 5 heteroatoms. The van der Waals surface area contributed by atoms with E-state index in [1.807, 2.05) is 18.0 Å². The lowest BCUT2D eigenvalue weighted by Gasteiger charge is -2.25. The summed E-state index contributed by atoms with van der Waals surface area (Å²) in [5.41, 5.74) is 1.18. The molecule has 1 aromatic rings. The van der Waals surface area contributed by atoms with E-state index in [4.69, 9.17) is 11.6 Å². The molecular formula is C14H20ClN3S. The smallest absolute Gasteiger partial charge is 0.147 e. The molecule has 1 aromatic heterocycles. The minimum absolute atomic E-state index is 0.574. The first kappa shape index (κ1) is 13.5. The van der Waals surface area contributed by atoms with Crippen molar-refractivity contribution in [2.75, 3.05) is 23.5 Å². The molecule has 1 N–H and O–H groups in total. The summed E-state index contributed by atoms with van der Waals surface area (Å²) in [6, 6.07) is 3.35. The second-order valence-electron chi connectivity index (χ2n) is 5.43. The fourth-order valence-corrected chi connectivity index (χ4v) is 3.97. The summed E-state index contributed by atoms with van der Waals surface area (Å²) in [7, 11) is 2.10. The van der Waals surface area contributed by atoms with Crippen molar-refractivity contribution >= 4 is 29.2 Å². The van der Waals surface area contributed by atoms with Gasteiger partial charge in [0.2, 0.25) is 0 Å². The third-order valence-electron chi connectivity index (χ3n) is 3.84. The molecule has 0 radical (unpaired) electrons. The van der Waals surface area contributed by atoms with Crippen LogP contribution in [0.25, 0.3) is 0 Å². The molecule has 1 unspecified atom stereocenters. The highest BCUT2D eigenvalue weighted by Gasteiger charge is 2.23. The molecule has 0 amide bonds. The standard InChI is InChI=1S/C14H20ClN3S/c1-18(12-4-5-19-9-12)14-13(15)6-10(8-17-14)7-16-11-2-3-11/h6,8,11-12,16H,2-5,7,9H2,1H3. The third-order valence-corrected chi connectivity index (χ3v) is 5.26. The first-order valence-electron chi connectivity index (χ1n) is 6.92. The summed E-state index contributed by atoms with van der Waals surface area (Å²) in [5.74, 6) is 3.35. The SMILES string of the molecule is CN(c1ncc(CNC2CC2)cc1Cl)C1CCSC1. The number of hydrogen-bond acceptors (Lipinski definition) is 4. The molecule has 2 aliphatic rings. The van der Waals surface area contributed by atoms with Crippen LogP contribution in [0.1, 0.15) is 24.8 Å². The molecule has 1 aliphatic heterocycles. The van der Waals surface area contributed by atoms with Crippen molar-refractivity contribution in [3.05, 3.63) is 22.8 Å². The molecule has 0 bridgehead atoms. The fraction of sp³-hybridized carbons (Fsp3) is 0.643. The van der Waals surface area contributed by atoms with Crippen LogP contribution in [0.3, 0.4) is 0 Å². The number of thioether (sulfide) groups is 1. The maximum absolute atomic E-state index is 6.39. The van der Waals surface area contributed by atoms with E-state index in [1.54, 1.807) is 0 Å². The molecule has 1 saturated carbocycles. The quantitative estimate of drug-likeness (QED) is 0.904. The number of anilines is 1. The van der Waals surface area contributed by atoms with Crippen LogP contribution >= 0.6 is 23.4 Å². The van der Waals surface area contributed by atoms with E-state index in [1.165, 1.54) is 36.3 Å². The van der Waals surface area contributed by atoms with Crippen LogP contribution in [0.2, 0.25) is 5.02 Å². The van der Waals surface area contributed by atoms with Gasteiger partial charge in [-0.3, -0.25) is 0 Å². The molecule has 0 spiro atoms. The van der Waals surface area contributed by atoms with Crippen molar-refractivity contribution < 1.29 is 0 Å². The lowest BCUT2D eigenvalue weighted by atomic mass is 10.2. The van der Waals surface area contributed by atoms with Gasteiger partial charge in [0, 0.05) is 37.6 Å². The Morgan fingerprint density at radius 3 is 2.95 bits per heavy atom. The minimum atomic E-state index is 0.574. The molecule has 1 saturated heterocycles. The van der Waals surface area contributed by atoms with E-state index in [9.17, 15) is 0 Å². The van der Waals surface area contributed by atoms with Gasteiger partial charge in [-0.05, 0) is 36.6 Å². The number of pyridine rings is 1. The predicted molar refractivity (Wildman–Crippen MR) is 83.2 cm³/mol. The van der Waals surface area contributed by atoms with Gasteiger partial charge in [0.1, 0.15) is 5.82 Å². The van der Waals surface area contributed by atoms with Crippen molar-refractivity contribution in [2.24, 2.45) is 0 Å². The fourth-order valence-electron chi connectivity index (χ4n) is 2.38. The van der Waals surface area contributed by atoms with Crippen LogP contribution in [-0.4, -0.2) is 35.6 Å². The maximum Gasteiger partial charge on any atom is 0.147 e. The van der Waals surface area contributed by atoms with Crippen LogP contribution in [-0.2, 0) is 6.54 Å². The maximum atomic E-state index is 6.39. The second kappa shape index (κ2) is 5.90. The van der Waals surface area contributed by atoms with Gasteiger partial charge in [0.15, 0.2) is 0 Å². The molecule has 1 aliphatic carbocycles. The molecular weight excluding hydrogens is 278 g/mol. The lowest BCUT2D eigenvalue weighted by Crippen LogP contribution is -2.32. The van der Waals surface area contributed by atoms with Gasteiger partial charge in [0.25, 0.3) is 0 Å². The van der Waals surface area contributed by atoms with Crippen molar-refractivity contribution in [2.45, 2.75) is 37.9 Å². The van der Waals surface area contributed by atoms with Gasteiger partial charge in [-0.2, -0.15) is 11.8 Å². The second-order valence-corrected chi connectivity index (χ2v) is 6.99. The van der Waals surface area contributed by atoms with E-state index in [0.29, 0.717) is 6.04 Å². The van der Waals surface area contributed by atoms with Gasteiger partial charge in [-0.1, -0.05) is 11.6 Å². The van der Waals surface area contributed by atoms with Crippen molar-refractivity contribution in [1.29, 1.82) is 0 Å². The van der Waals surface area contributed by atoms with E-state index in [-0.39, 0.29) is 0 Å². The molecule has 3 rings (SSSR count). The van der Waals surface area contributed by atoms with Crippen LogP contribution in [0.15, 0.2) is 12.3 Å². The Bertz CT molecular complexity index is 444. The summed E-state index contributed by atoms with van der Waals surface area (Å²) in [4.78, 5) is 6.80. The number of rotatable bonds is 5. The Hall–Kier alpha value is -0.450. The van der Waals surface area contributed by atoms with E-state index in [2.05, 4.69) is 28.3 Å². The highest BCUT2D eigenvalue weighted by molar-refractivity contribution is 7.99. The molecule has 104 valence electrons. The summed E-state index contributed by atoms with van der Waals surface area (Å²) in [5, 5.41) is 4.26. The van der Waals surface area contributed by atoms with Crippen LogP contribution in [0.4, 0.5) is 5.82 Å². The average Bonchev–Trinajstić information content (AvgIpc) is 3.07. The van der Waals surface area contributed by atoms with E-state index < -0.39 is 0 Å². The number of nitrogens with zero attached hydrogens (tertiary/aromatic N) is 2. The molecule has 19 heavy (non-hydrogen) atoms. The number of hydrogen-bond donors (Lipinski definition) is 1. The molecule has 3 nitrogen and oxygen atoms in total. The van der Waals surface area contributed by atoms with Gasteiger partial charge in [0.05, 0.1) is 5.02 Å². The largest absolute Gasteiger partial charge is 0.355 e. The topological polar surface area (TPSA) is 28.2 Å². The van der Waals surface area contributed by atoms with E-state index in [0.717, 1.165) is 23.4 Å². The Balaban J connectivity index is 1.67. The monoisotopic (exact) mass is 297 g/mol. The van der Waals surface area contributed by atoms with Crippen LogP contribution in [0, 0.1) is 0 Å². The zero-order valence-electron chi connectivity index (χ0n) is 11.2. The van der Waals surface area contributed by atoms with Crippen molar-refractivity contribution in [1.82, 2.24) is 10.3 Å². The molecule has 1 atom stereocenters. The first-order chi connectivity index (χ1) is 9.24. The summed E-state index contributed by atoms with van der Waals surface area (Å²) < 4.78 is 0. The normalized spacial score (nSPS) is 22.7. The Kier molecular flexibility index (Phi) is 4.20. The van der Waals surface area contributed by atoms with E-state index >= 15 is 0 Å². The van der Waals surface area contributed by atoms with Crippen molar-refractivity contribution in [3.8, 4) is 0 Å². The predicted octanol–water partition coefficient (Wildman–Crippen LogP) is 2.93. The number of aromatic nitrogens is 1. The number of halogens is 1. The Morgan fingerprint density at radius 2 is 2.32 bits per heavy atom.